The Balaban J connectivity index is 3.97. The fraction of sp³-hybridized carbons (Fsp3) is 1.00. The first kappa shape index (κ1) is 12.8. The molecule has 0 heterocycles. The Morgan fingerprint density at radius 2 is 1.85 bits per heavy atom. The third-order valence-corrected chi connectivity index (χ3v) is 1.79. The molecule has 0 aliphatic carbocycles. The molecule has 4 nitrogen and oxygen atoms in total. The van der Waals surface area contributed by atoms with Crippen LogP contribution in [0.4, 0.5) is 0 Å². The minimum atomic E-state index is -0.973. The van der Waals surface area contributed by atoms with Gasteiger partial charge in [0.2, 0.25) is 0 Å². The molecule has 0 atom stereocenters. The van der Waals surface area contributed by atoms with E-state index in [1.165, 1.54) is 14.2 Å². The van der Waals surface area contributed by atoms with Gasteiger partial charge in [-0.2, -0.15) is 0 Å². The van der Waals surface area contributed by atoms with Crippen LogP contribution in [-0.4, -0.2) is 38.5 Å². The lowest BCUT2D eigenvalue weighted by atomic mass is 10.3. The summed E-state index contributed by atoms with van der Waals surface area (Å²) in [5.74, 6) is -0.973. The van der Waals surface area contributed by atoms with Crippen molar-refractivity contribution in [3.8, 4) is 0 Å². The topological polar surface area (TPSA) is 47.9 Å². The van der Waals surface area contributed by atoms with Crippen LogP contribution < -0.4 is 0 Å². The van der Waals surface area contributed by atoms with Crippen LogP contribution in [0.2, 0.25) is 0 Å². The normalized spacial score (nSPS) is 12.0. The highest BCUT2D eigenvalue weighted by atomic mass is 16.9. The van der Waals surface area contributed by atoms with Crippen molar-refractivity contribution in [2.24, 2.45) is 0 Å². The summed E-state index contributed by atoms with van der Waals surface area (Å²) in [7, 11) is 3.08. The number of aliphatic hydroxyl groups excluding tert-OH is 1. The van der Waals surface area contributed by atoms with E-state index < -0.39 is 5.97 Å². The number of aliphatic hydroxyl groups is 1. The van der Waals surface area contributed by atoms with E-state index in [0.29, 0.717) is 19.4 Å². The van der Waals surface area contributed by atoms with Crippen LogP contribution >= 0.6 is 0 Å². The van der Waals surface area contributed by atoms with Crippen molar-refractivity contribution < 1.29 is 19.3 Å². The zero-order chi connectivity index (χ0) is 10.2. The molecule has 0 fully saturated rings. The summed E-state index contributed by atoms with van der Waals surface area (Å²) >= 11 is 0. The Morgan fingerprint density at radius 3 is 2.23 bits per heavy atom. The van der Waals surface area contributed by atoms with Gasteiger partial charge in [-0.1, -0.05) is 6.92 Å². The molecule has 0 aliphatic rings. The molecule has 0 rings (SSSR count). The van der Waals surface area contributed by atoms with Gasteiger partial charge in [0.25, 0.3) is 5.97 Å². The highest BCUT2D eigenvalue weighted by Gasteiger charge is 2.29. The minimum absolute atomic E-state index is 0.115. The van der Waals surface area contributed by atoms with E-state index in [-0.39, 0.29) is 6.61 Å². The van der Waals surface area contributed by atoms with Crippen LogP contribution in [0.15, 0.2) is 0 Å². The highest BCUT2D eigenvalue weighted by molar-refractivity contribution is 4.56. The zero-order valence-electron chi connectivity index (χ0n) is 8.71. The van der Waals surface area contributed by atoms with Crippen LogP contribution in [-0.2, 0) is 14.2 Å². The van der Waals surface area contributed by atoms with Crippen LogP contribution in [0.5, 0.6) is 0 Å². The predicted molar refractivity (Wildman–Crippen MR) is 49.3 cm³/mol. The standard InChI is InChI=1S/C9H20O4/c1-4-8-13-9(11-2,12-3)6-5-7-10/h10H,4-8H2,1-3H3. The molecule has 80 valence electrons. The summed E-state index contributed by atoms with van der Waals surface area (Å²) in [5.41, 5.74) is 0. The Bertz CT molecular complexity index is 102. The van der Waals surface area contributed by atoms with E-state index in [1.807, 2.05) is 6.92 Å². The lowest BCUT2D eigenvalue weighted by Gasteiger charge is -2.30. The quantitative estimate of drug-likeness (QED) is 0.586. The van der Waals surface area contributed by atoms with Crippen molar-refractivity contribution >= 4 is 0 Å². The number of rotatable bonds is 8. The van der Waals surface area contributed by atoms with Gasteiger partial charge in [-0.25, -0.2) is 0 Å². The Morgan fingerprint density at radius 1 is 1.23 bits per heavy atom. The first-order valence-corrected chi connectivity index (χ1v) is 4.59. The lowest BCUT2D eigenvalue weighted by molar-refractivity contribution is -0.365. The second-order valence-corrected chi connectivity index (χ2v) is 2.77. The molecular formula is C9H20O4. The fourth-order valence-corrected chi connectivity index (χ4v) is 1.03. The largest absolute Gasteiger partial charge is 0.396 e. The summed E-state index contributed by atoms with van der Waals surface area (Å²) in [5, 5.41) is 8.68. The van der Waals surface area contributed by atoms with Crippen LogP contribution in [0.1, 0.15) is 26.2 Å². The number of hydrogen-bond donors (Lipinski definition) is 1. The first-order chi connectivity index (χ1) is 6.24. The molecule has 0 radical (unpaired) electrons. The van der Waals surface area contributed by atoms with Crippen molar-refractivity contribution in [3.05, 3.63) is 0 Å². The van der Waals surface area contributed by atoms with Gasteiger partial charge >= 0.3 is 0 Å². The molecule has 0 aliphatic heterocycles. The Labute approximate surface area is 79.8 Å². The van der Waals surface area contributed by atoms with E-state index in [9.17, 15) is 0 Å². The van der Waals surface area contributed by atoms with Gasteiger partial charge < -0.3 is 19.3 Å². The monoisotopic (exact) mass is 192 g/mol. The van der Waals surface area contributed by atoms with Gasteiger partial charge in [-0.05, 0) is 12.8 Å². The second-order valence-electron chi connectivity index (χ2n) is 2.77. The van der Waals surface area contributed by atoms with Crippen LogP contribution in [0.25, 0.3) is 0 Å². The van der Waals surface area contributed by atoms with Crippen molar-refractivity contribution in [2.75, 3.05) is 27.4 Å². The second kappa shape index (κ2) is 7.26. The minimum Gasteiger partial charge on any atom is -0.396 e. The molecule has 0 saturated heterocycles. The van der Waals surface area contributed by atoms with E-state index in [2.05, 4.69) is 0 Å². The van der Waals surface area contributed by atoms with Gasteiger partial charge in [-0.3, -0.25) is 0 Å². The molecule has 0 bridgehead atoms. The highest BCUT2D eigenvalue weighted by Crippen LogP contribution is 2.20. The number of ether oxygens (including phenoxy) is 3. The van der Waals surface area contributed by atoms with E-state index in [0.717, 1.165) is 6.42 Å². The molecule has 0 aromatic heterocycles. The average molecular weight is 192 g/mol. The van der Waals surface area contributed by atoms with Crippen LogP contribution in [0.3, 0.4) is 0 Å². The van der Waals surface area contributed by atoms with E-state index >= 15 is 0 Å². The predicted octanol–water partition coefficient (Wildman–Crippen LogP) is 1.13. The zero-order valence-corrected chi connectivity index (χ0v) is 8.71. The number of methoxy groups -OCH3 is 2. The third-order valence-electron chi connectivity index (χ3n) is 1.79. The SMILES string of the molecule is CCCOC(CCCO)(OC)OC. The van der Waals surface area contributed by atoms with Gasteiger partial charge in [-0.15, -0.1) is 0 Å². The van der Waals surface area contributed by atoms with Gasteiger partial charge in [0, 0.05) is 27.2 Å². The molecular weight excluding hydrogens is 172 g/mol. The maximum Gasteiger partial charge on any atom is 0.282 e. The Kier molecular flexibility index (Phi) is 7.17. The molecule has 0 saturated carbocycles. The van der Waals surface area contributed by atoms with E-state index in [1.54, 1.807) is 0 Å². The molecule has 0 aromatic rings. The van der Waals surface area contributed by atoms with Crippen molar-refractivity contribution in [3.63, 3.8) is 0 Å². The molecule has 0 aromatic carbocycles. The molecule has 0 spiro atoms. The van der Waals surface area contributed by atoms with E-state index in [4.69, 9.17) is 19.3 Å². The first-order valence-electron chi connectivity index (χ1n) is 4.59. The van der Waals surface area contributed by atoms with Crippen molar-refractivity contribution in [1.82, 2.24) is 0 Å². The van der Waals surface area contributed by atoms with Crippen LogP contribution in [0, 0.1) is 0 Å². The van der Waals surface area contributed by atoms with Gasteiger partial charge in [0.1, 0.15) is 0 Å². The fourth-order valence-electron chi connectivity index (χ4n) is 1.03. The third kappa shape index (κ3) is 4.57. The molecule has 13 heavy (non-hydrogen) atoms. The molecule has 1 N–H and O–H groups in total. The maximum absolute atomic E-state index is 8.68. The number of hydrogen-bond acceptors (Lipinski definition) is 4. The molecule has 0 amide bonds. The van der Waals surface area contributed by atoms with Crippen molar-refractivity contribution in [2.45, 2.75) is 32.2 Å². The summed E-state index contributed by atoms with van der Waals surface area (Å²) < 4.78 is 15.7. The lowest BCUT2D eigenvalue weighted by Crippen LogP contribution is -2.37. The Hall–Kier alpha value is -0.160. The average Bonchev–Trinajstić information content (AvgIpc) is 2.20. The van der Waals surface area contributed by atoms with Gasteiger partial charge in [0.15, 0.2) is 0 Å². The van der Waals surface area contributed by atoms with Crippen molar-refractivity contribution in [1.29, 1.82) is 0 Å². The summed E-state index contributed by atoms with van der Waals surface area (Å²) in [6, 6.07) is 0. The smallest absolute Gasteiger partial charge is 0.282 e. The molecule has 0 unspecified atom stereocenters. The molecule has 4 heteroatoms. The summed E-state index contributed by atoms with van der Waals surface area (Å²) in [4.78, 5) is 0. The summed E-state index contributed by atoms with van der Waals surface area (Å²) in [6.45, 7) is 2.72. The summed E-state index contributed by atoms with van der Waals surface area (Å²) in [6.07, 6.45) is 2.05. The van der Waals surface area contributed by atoms with Gasteiger partial charge in [0.05, 0.1) is 6.61 Å². The maximum atomic E-state index is 8.68.